The number of hydrogen-bond acceptors (Lipinski definition) is 0. The molecule has 0 saturated heterocycles. The van der Waals surface area contributed by atoms with E-state index in [1.807, 2.05) is 0 Å². The van der Waals surface area contributed by atoms with E-state index in [-0.39, 0.29) is 0 Å². The summed E-state index contributed by atoms with van der Waals surface area (Å²) in [7, 11) is 0. The molecule has 0 heteroatoms. The third-order valence-corrected chi connectivity index (χ3v) is 1.74. The molecule has 1 unspecified atom stereocenters. The van der Waals surface area contributed by atoms with E-state index in [0.29, 0.717) is 5.41 Å². The molecule has 0 amide bonds. The van der Waals surface area contributed by atoms with E-state index >= 15 is 0 Å². The molecule has 0 spiro atoms. The van der Waals surface area contributed by atoms with Gasteiger partial charge >= 0.3 is 0 Å². The van der Waals surface area contributed by atoms with Crippen molar-refractivity contribution in [3.8, 4) is 0 Å². The minimum Gasteiger partial charge on any atom is -0.0654 e. The Morgan fingerprint density at radius 3 is 2.00 bits per heavy atom. The van der Waals surface area contributed by atoms with Gasteiger partial charge in [0.15, 0.2) is 0 Å². The summed E-state index contributed by atoms with van der Waals surface area (Å²) in [5.74, 6) is 0.907. The Balaban J connectivity index is 3.47. The number of hydrogen-bond donors (Lipinski definition) is 0. The summed E-state index contributed by atoms with van der Waals surface area (Å²) < 4.78 is 0. The van der Waals surface area contributed by atoms with Gasteiger partial charge in [-0.15, -0.1) is 0 Å². The Bertz CT molecular complexity index is 76.5. The van der Waals surface area contributed by atoms with Crippen LogP contribution in [0.4, 0.5) is 0 Å². The topological polar surface area (TPSA) is 0 Å². The molecule has 0 aromatic heterocycles. The first kappa shape index (κ1) is 10.0. The monoisotopic (exact) mass is 142 g/mol. The second-order valence-corrected chi connectivity index (χ2v) is 4.66. The Morgan fingerprint density at radius 2 is 1.70 bits per heavy atom. The lowest BCUT2D eigenvalue weighted by Crippen LogP contribution is -2.10. The van der Waals surface area contributed by atoms with E-state index in [0.717, 1.165) is 5.92 Å². The van der Waals surface area contributed by atoms with Crippen LogP contribution in [0.1, 0.15) is 53.9 Å². The van der Waals surface area contributed by atoms with E-state index in [4.69, 9.17) is 0 Å². The zero-order valence-corrected chi connectivity index (χ0v) is 8.20. The van der Waals surface area contributed by atoms with Crippen molar-refractivity contribution in [2.45, 2.75) is 53.9 Å². The molecule has 0 aliphatic heterocycles. The Labute approximate surface area is 66.0 Å². The molecule has 10 heavy (non-hydrogen) atoms. The summed E-state index contributed by atoms with van der Waals surface area (Å²) in [6.07, 6.45) is 4.08. The van der Waals surface area contributed by atoms with Gasteiger partial charge in [-0.2, -0.15) is 0 Å². The molecule has 0 bridgehead atoms. The highest BCUT2D eigenvalue weighted by atomic mass is 14.2. The van der Waals surface area contributed by atoms with Gasteiger partial charge in [0, 0.05) is 0 Å². The normalized spacial score (nSPS) is 15.3. The predicted molar refractivity (Wildman–Crippen MR) is 48.1 cm³/mol. The molecule has 0 fully saturated rings. The van der Waals surface area contributed by atoms with E-state index in [2.05, 4.69) is 34.6 Å². The summed E-state index contributed by atoms with van der Waals surface area (Å²) in [5, 5.41) is 0. The van der Waals surface area contributed by atoms with Gasteiger partial charge in [-0.05, 0) is 17.8 Å². The van der Waals surface area contributed by atoms with Crippen LogP contribution in [0.15, 0.2) is 0 Å². The first-order chi connectivity index (χ1) is 4.45. The highest BCUT2D eigenvalue weighted by Crippen LogP contribution is 2.26. The molecule has 0 nitrogen and oxygen atoms in total. The molecule has 1 atom stereocenters. The summed E-state index contributed by atoms with van der Waals surface area (Å²) in [5.41, 5.74) is 0.522. The molecule has 62 valence electrons. The lowest BCUT2D eigenvalue weighted by Gasteiger charge is -2.22. The van der Waals surface area contributed by atoms with Gasteiger partial charge in [-0.1, -0.05) is 47.5 Å². The quantitative estimate of drug-likeness (QED) is 0.561. The van der Waals surface area contributed by atoms with Crippen LogP contribution in [-0.4, -0.2) is 0 Å². The van der Waals surface area contributed by atoms with Crippen LogP contribution in [0.3, 0.4) is 0 Å². The smallest absolute Gasteiger partial charge is 0.0380 e. The van der Waals surface area contributed by atoms with Crippen molar-refractivity contribution in [2.75, 3.05) is 0 Å². The third-order valence-electron chi connectivity index (χ3n) is 1.74. The molecule has 0 aromatic rings. The van der Waals surface area contributed by atoms with Crippen LogP contribution >= 0.6 is 0 Å². The fourth-order valence-electron chi connectivity index (χ4n) is 1.64. The summed E-state index contributed by atoms with van der Waals surface area (Å²) in [6, 6.07) is 0. The van der Waals surface area contributed by atoms with Crippen LogP contribution in [0, 0.1) is 11.3 Å². The van der Waals surface area contributed by atoms with Crippen molar-refractivity contribution >= 4 is 0 Å². The van der Waals surface area contributed by atoms with Crippen molar-refractivity contribution in [2.24, 2.45) is 11.3 Å². The van der Waals surface area contributed by atoms with Gasteiger partial charge < -0.3 is 0 Å². The predicted octanol–water partition coefficient (Wildman–Crippen LogP) is 3.86. The van der Waals surface area contributed by atoms with Gasteiger partial charge in [0.1, 0.15) is 0 Å². The number of rotatable bonds is 3. The highest BCUT2D eigenvalue weighted by Gasteiger charge is 2.13. The van der Waals surface area contributed by atoms with E-state index in [9.17, 15) is 0 Å². The maximum absolute atomic E-state index is 2.36. The molecule has 0 radical (unpaired) electrons. The Hall–Kier alpha value is 0. The maximum Gasteiger partial charge on any atom is -0.0380 e. The average molecular weight is 142 g/mol. The molecular formula is C10H22. The fourth-order valence-corrected chi connectivity index (χ4v) is 1.64. The largest absolute Gasteiger partial charge is 0.0654 e. The van der Waals surface area contributed by atoms with Crippen molar-refractivity contribution in [1.29, 1.82) is 0 Å². The molecule has 0 heterocycles. The van der Waals surface area contributed by atoms with Crippen LogP contribution in [0.2, 0.25) is 0 Å². The van der Waals surface area contributed by atoms with Crippen LogP contribution in [0.25, 0.3) is 0 Å². The van der Waals surface area contributed by atoms with Gasteiger partial charge in [-0.25, -0.2) is 0 Å². The van der Waals surface area contributed by atoms with Crippen molar-refractivity contribution in [1.82, 2.24) is 0 Å². The Kier molecular flexibility index (Phi) is 4.00. The fraction of sp³-hybridized carbons (Fsp3) is 1.00. The lowest BCUT2D eigenvalue weighted by molar-refractivity contribution is 0.295. The SMILES string of the molecule is CCCC(C)CC(C)(C)C. The van der Waals surface area contributed by atoms with Crippen molar-refractivity contribution in [3.63, 3.8) is 0 Å². The van der Waals surface area contributed by atoms with Gasteiger partial charge in [-0.3, -0.25) is 0 Å². The molecule has 0 aliphatic carbocycles. The maximum atomic E-state index is 2.36. The van der Waals surface area contributed by atoms with Crippen molar-refractivity contribution < 1.29 is 0 Å². The van der Waals surface area contributed by atoms with Crippen molar-refractivity contribution in [3.05, 3.63) is 0 Å². The van der Waals surface area contributed by atoms with Crippen LogP contribution in [0.5, 0.6) is 0 Å². The molecule has 0 aromatic carbocycles. The van der Waals surface area contributed by atoms with Crippen LogP contribution < -0.4 is 0 Å². The standard InChI is InChI=1S/C10H22/c1-6-7-9(2)8-10(3,4)5/h9H,6-8H2,1-5H3. The second-order valence-electron chi connectivity index (χ2n) is 4.66. The van der Waals surface area contributed by atoms with Gasteiger partial charge in [0.05, 0.1) is 0 Å². The summed E-state index contributed by atoms with van der Waals surface area (Å²) in [6.45, 7) is 11.6. The minimum atomic E-state index is 0.522. The van der Waals surface area contributed by atoms with Crippen LogP contribution in [-0.2, 0) is 0 Å². The third kappa shape index (κ3) is 6.12. The Morgan fingerprint density at radius 1 is 1.20 bits per heavy atom. The highest BCUT2D eigenvalue weighted by molar-refractivity contribution is 4.65. The summed E-state index contributed by atoms with van der Waals surface area (Å²) >= 11 is 0. The second kappa shape index (κ2) is 4.00. The molecule has 0 N–H and O–H groups in total. The zero-order valence-electron chi connectivity index (χ0n) is 8.20. The average Bonchev–Trinajstić information content (AvgIpc) is 1.59. The first-order valence-electron chi connectivity index (χ1n) is 4.45. The first-order valence-corrected chi connectivity index (χ1v) is 4.45. The van der Waals surface area contributed by atoms with E-state index in [1.165, 1.54) is 19.3 Å². The van der Waals surface area contributed by atoms with Gasteiger partial charge in [0.2, 0.25) is 0 Å². The lowest BCUT2D eigenvalue weighted by atomic mass is 9.84. The zero-order chi connectivity index (χ0) is 8.20. The van der Waals surface area contributed by atoms with E-state index in [1.54, 1.807) is 0 Å². The molecular weight excluding hydrogens is 120 g/mol. The summed E-state index contributed by atoms with van der Waals surface area (Å²) in [4.78, 5) is 0. The minimum absolute atomic E-state index is 0.522. The van der Waals surface area contributed by atoms with E-state index < -0.39 is 0 Å². The molecule has 0 rings (SSSR count). The molecule has 0 aliphatic rings. The molecule has 0 saturated carbocycles. The van der Waals surface area contributed by atoms with Gasteiger partial charge in [0.25, 0.3) is 0 Å².